The highest BCUT2D eigenvalue weighted by atomic mass is 32.2. The van der Waals surface area contributed by atoms with Crippen molar-refractivity contribution in [1.82, 2.24) is 0 Å². The second-order valence-corrected chi connectivity index (χ2v) is 5.39. The van der Waals surface area contributed by atoms with Crippen molar-refractivity contribution in [3.05, 3.63) is 48.6 Å². The first-order valence-corrected chi connectivity index (χ1v) is 7.56. The molecule has 4 nitrogen and oxygen atoms in total. The van der Waals surface area contributed by atoms with Crippen LogP contribution in [-0.2, 0) is 15.3 Å². The van der Waals surface area contributed by atoms with Gasteiger partial charge in [0.15, 0.2) is 0 Å². The summed E-state index contributed by atoms with van der Waals surface area (Å²) in [6.07, 6.45) is 2.07. The summed E-state index contributed by atoms with van der Waals surface area (Å²) in [5.74, 6) is 0.385. The van der Waals surface area contributed by atoms with Gasteiger partial charge in [0.05, 0.1) is 0 Å². The Morgan fingerprint density at radius 1 is 1.47 bits per heavy atom. The van der Waals surface area contributed by atoms with Crippen molar-refractivity contribution >= 4 is 16.7 Å². The molecule has 0 aliphatic heterocycles. The van der Waals surface area contributed by atoms with Gasteiger partial charge in [0.25, 0.3) is 0 Å². The van der Waals surface area contributed by atoms with E-state index in [1.165, 1.54) is 0 Å². The summed E-state index contributed by atoms with van der Waals surface area (Å²) < 4.78 is 20.1. The summed E-state index contributed by atoms with van der Waals surface area (Å²) in [6, 6.07) is 9.35. The Morgan fingerprint density at radius 3 is 2.79 bits per heavy atom. The van der Waals surface area contributed by atoms with Crippen molar-refractivity contribution in [2.45, 2.75) is 25.9 Å². The Labute approximate surface area is 115 Å². The molecule has 2 atom stereocenters. The van der Waals surface area contributed by atoms with Crippen molar-refractivity contribution in [2.24, 2.45) is 4.36 Å². The fourth-order valence-electron chi connectivity index (χ4n) is 1.48. The first kappa shape index (κ1) is 15.4. The van der Waals surface area contributed by atoms with Gasteiger partial charge < -0.3 is 4.74 Å². The molecule has 2 unspecified atom stereocenters. The molecule has 0 saturated heterocycles. The van der Waals surface area contributed by atoms with Crippen LogP contribution in [0.15, 0.2) is 47.3 Å². The largest absolute Gasteiger partial charge is 0.442 e. The van der Waals surface area contributed by atoms with E-state index in [2.05, 4.69) is 10.9 Å². The number of unbranched alkanes of at least 4 members (excludes halogenated alkanes) is 1. The molecule has 1 aromatic carbocycles. The number of thiol groups is 1. The number of allylic oxidation sites excluding steroid dienone is 1. The maximum Gasteiger partial charge on any atom is 0.442 e. The Hall–Kier alpha value is -1.62. The molecule has 0 saturated carbocycles. The average molecular weight is 281 g/mol. The van der Waals surface area contributed by atoms with Crippen LogP contribution in [0.1, 0.15) is 31.4 Å². The molecular weight excluding hydrogens is 262 g/mol. The number of ether oxygens (including phenoxy) is 1. The molecule has 0 aromatic heterocycles. The number of hydrogen-bond donors (Lipinski definition) is 1. The van der Waals surface area contributed by atoms with Crippen LogP contribution >= 0.6 is 0 Å². The van der Waals surface area contributed by atoms with Gasteiger partial charge in [-0.15, -0.1) is 10.9 Å². The highest BCUT2D eigenvalue weighted by Crippen LogP contribution is 2.16. The smallest absolute Gasteiger partial charge is 0.440 e. The van der Waals surface area contributed by atoms with E-state index >= 15 is 0 Å². The zero-order valence-corrected chi connectivity index (χ0v) is 11.9. The fraction of sp³-hybridized carbons (Fsp3) is 0.357. The molecule has 104 valence electrons. The van der Waals surface area contributed by atoms with Gasteiger partial charge in [-0.25, -0.2) is 4.79 Å². The topological polar surface area (TPSA) is 55.7 Å². The van der Waals surface area contributed by atoms with Crippen molar-refractivity contribution in [1.29, 1.82) is 0 Å². The summed E-state index contributed by atoms with van der Waals surface area (Å²) in [7, 11) is -1.88. The van der Waals surface area contributed by atoms with Gasteiger partial charge in [0.1, 0.15) is 6.10 Å². The molecule has 0 spiro atoms. The summed E-state index contributed by atoms with van der Waals surface area (Å²) in [6.45, 7) is 5.33. The number of benzene rings is 1. The Morgan fingerprint density at radius 2 is 2.16 bits per heavy atom. The van der Waals surface area contributed by atoms with Crippen LogP contribution in [0.4, 0.5) is 4.79 Å². The molecule has 1 aromatic rings. The van der Waals surface area contributed by atoms with Crippen LogP contribution in [0, 0.1) is 0 Å². The van der Waals surface area contributed by atoms with Crippen molar-refractivity contribution in [2.75, 3.05) is 5.75 Å². The van der Waals surface area contributed by atoms with Gasteiger partial charge in [-0.2, -0.15) is 0 Å². The zero-order chi connectivity index (χ0) is 14.1. The number of carbonyl (C=O) groups excluding carboxylic acids is 1. The van der Waals surface area contributed by atoms with Crippen LogP contribution in [0.3, 0.4) is 0 Å². The van der Waals surface area contributed by atoms with E-state index in [0.29, 0.717) is 12.2 Å². The van der Waals surface area contributed by atoms with Crippen LogP contribution in [0.25, 0.3) is 0 Å². The standard InChI is InChI=1S/C14H19NO3S/c1-3-4-8-11-19(17)15-14(16)18-12(2)13-9-6-5-7-10-13/h3,5-7,9-10,12,19H,1,4,8,11H2,2H3. The molecule has 0 fully saturated rings. The third kappa shape index (κ3) is 6.20. The second-order valence-electron chi connectivity index (χ2n) is 4.04. The van der Waals surface area contributed by atoms with Crippen LogP contribution in [-0.4, -0.2) is 16.1 Å². The predicted octanol–water partition coefficient (Wildman–Crippen LogP) is 3.52. The Balaban J connectivity index is 2.48. The normalized spacial score (nSPS) is 13.7. The molecule has 0 heterocycles. The lowest BCUT2D eigenvalue weighted by Gasteiger charge is -2.10. The van der Waals surface area contributed by atoms with E-state index in [0.717, 1.165) is 12.0 Å². The number of nitrogens with zero attached hydrogens (tertiary/aromatic N) is 1. The monoisotopic (exact) mass is 281 g/mol. The Bertz CT molecular complexity index is 493. The third-order valence-electron chi connectivity index (χ3n) is 2.50. The van der Waals surface area contributed by atoms with Crippen molar-refractivity contribution in [3.8, 4) is 0 Å². The quantitative estimate of drug-likeness (QED) is 0.493. The minimum atomic E-state index is -1.88. The van der Waals surface area contributed by atoms with Crippen LogP contribution in [0.5, 0.6) is 0 Å². The van der Waals surface area contributed by atoms with Crippen LogP contribution < -0.4 is 0 Å². The summed E-state index contributed by atoms with van der Waals surface area (Å²) in [5, 5.41) is 0. The molecule has 19 heavy (non-hydrogen) atoms. The highest BCUT2D eigenvalue weighted by Gasteiger charge is 2.10. The van der Waals surface area contributed by atoms with E-state index in [-0.39, 0.29) is 0 Å². The van der Waals surface area contributed by atoms with Gasteiger partial charge in [0, 0.05) is 16.3 Å². The average Bonchev–Trinajstić information content (AvgIpc) is 2.39. The number of hydrogen-bond acceptors (Lipinski definition) is 3. The van der Waals surface area contributed by atoms with Gasteiger partial charge in [-0.1, -0.05) is 36.4 Å². The molecule has 0 aliphatic carbocycles. The first-order chi connectivity index (χ1) is 9.13. The van der Waals surface area contributed by atoms with Crippen LogP contribution in [0.2, 0.25) is 0 Å². The van der Waals surface area contributed by atoms with E-state index in [4.69, 9.17) is 4.74 Å². The SMILES string of the molecule is C=CCCC/[SH](=O)=N/C(=O)OC(C)c1ccccc1. The molecule has 1 rings (SSSR count). The summed E-state index contributed by atoms with van der Waals surface area (Å²) in [4.78, 5) is 11.5. The first-order valence-electron chi connectivity index (χ1n) is 6.16. The summed E-state index contributed by atoms with van der Waals surface area (Å²) >= 11 is 0. The van der Waals surface area contributed by atoms with Gasteiger partial charge in [-0.05, 0) is 25.3 Å². The molecule has 0 aliphatic rings. The second kappa shape index (κ2) is 8.48. The lowest BCUT2D eigenvalue weighted by molar-refractivity contribution is 0.117. The minimum Gasteiger partial charge on any atom is -0.440 e. The van der Waals surface area contributed by atoms with Crippen molar-refractivity contribution in [3.63, 3.8) is 0 Å². The van der Waals surface area contributed by atoms with E-state index in [1.807, 2.05) is 30.3 Å². The zero-order valence-electron chi connectivity index (χ0n) is 11.0. The van der Waals surface area contributed by atoms with Gasteiger partial charge >= 0.3 is 6.09 Å². The van der Waals surface area contributed by atoms with E-state index in [9.17, 15) is 9.00 Å². The Kier molecular flexibility index (Phi) is 6.89. The van der Waals surface area contributed by atoms with E-state index < -0.39 is 22.8 Å². The summed E-state index contributed by atoms with van der Waals surface area (Å²) in [5.41, 5.74) is 0.882. The maximum atomic E-state index is 11.5. The number of amides is 1. The molecule has 0 radical (unpaired) electrons. The maximum absolute atomic E-state index is 11.5. The van der Waals surface area contributed by atoms with Gasteiger partial charge in [0.2, 0.25) is 0 Å². The third-order valence-corrected chi connectivity index (χ3v) is 3.58. The molecule has 5 heteroatoms. The highest BCUT2D eigenvalue weighted by molar-refractivity contribution is 7.75. The molecule has 0 N–H and O–H groups in total. The molecule has 1 amide bonds. The molecule has 0 bridgehead atoms. The lowest BCUT2D eigenvalue weighted by Crippen LogP contribution is -2.05. The van der Waals surface area contributed by atoms with Gasteiger partial charge in [-0.3, -0.25) is 4.21 Å². The number of rotatable bonds is 6. The fourth-order valence-corrected chi connectivity index (χ4v) is 2.26. The number of carbonyl (C=O) groups is 1. The van der Waals surface area contributed by atoms with Crippen molar-refractivity contribution < 1.29 is 13.7 Å². The van der Waals surface area contributed by atoms with E-state index in [1.54, 1.807) is 13.0 Å². The molecular formula is C14H19NO3S. The lowest BCUT2D eigenvalue weighted by atomic mass is 10.1. The minimum absolute atomic E-state index is 0.385. The predicted molar refractivity (Wildman–Crippen MR) is 77.6 cm³/mol.